The zero-order valence-electron chi connectivity index (χ0n) is 22.7. The molecule has 2 heterocycles. The molecule has 0 aromatic heterocycles. The molecule has 1 saturated carbocycles. The van der Waals surface area contributed by atoms with Gasteiger partial charge >= 0.3 is 6.18 Å². The fourth-order valence-corrected chi connectivity index (χ4v) is 9.95. The maximum atomic E-state index is 13.5. The van der Waals surface area contributed by atoms with Gasteiger partial charge in [0, 0.05) is 30.7 Å². The molecule has 2 saturated heterocycles. The number of amides is 2. The number of nitrogens with zero attached hydrogens (tertiary/aromatic N) is 2. The van der Waals surface area contributed by atoms with Crippen LogP contribution >= 0.6 is 10.8 Å². The van der Waals surface area contributed by atoms with Crippen molar-refractivity contribution in [1.82, 2.24) is 14.5 Å². The van der Waals surface area contributed by atoms with Crippen LogP contribution in [0.1, 0.15) is 48.0 Å². The van der Waals surface area contributed by atoms with Gasteiger partial charge in [-0.15, -0.1) is 10.8 Å². The van der Waals surface area contributed by atoms with Crippen LogP contribution in [-0.2, 0) is 20.8 Å². The van der Waals surface area contributed by atoms with Crippen LogP contribution in [0.15, 0.2) is 59.5 Å². The Hall–Kier alpha value is -2.65. The van der Waals surface area contributed by atoms with E-state index in [2.05, 4.69) is 5.32 Å². The number of hydrogen-bond acceptors (Lipinski definition) is 7. The highest BCUT2D eigenvalue weighted by Gasteiger charge is 2.46. The van der Waals surface area contributed by atoms with E-state index in [-0.39, 0.29) is 41.0 Å². The Labute approximate surface area is 244 Å². The summed E-state index contributed by atoms with van der Waals surface area (Å²) in [6, 6.07) is 10.3. The quantitative estimate of drug-likeness (QED) is 0.414. The molecule has 1 unspecified atom stereocenters. The summed E-state index contributed by atoms with van der Waals surface area (Å²) in [5.74, 6) is -1.68. The van der Waals surface area contributed by atoms with Crippen molar-refractivity contribution in [1.29, 1.82) is 0 Å². The molecule has 2 aliphatic heterocycles. The summed E-state index contributed by atoms with van der Waals surface area (Å²) in [6.07, 6.45) is -2.44. The number of nitrogens with one attached hydrogen (secondary N) is 1. The number of benzene rings is 2. The second kappa shape index (κ2) is 11.8. The van der Waals surface area contributed by atoms with Gasteiger partial charge in [-0.05, 0) is 68.4 Å². The predicted octanol–water partition coefficient (Wildman–Crippen LogP) is 4.42. The summed E-state index contributed by atoms with van der Waals surface area (Å²) in [6.45, 7) is 0.755. The fourth-order valence-electron chi connectivity index (χ4n) is 6.42. The SMILES string of the molecule is O=C(NC1CCN([C@H]2CC[C@@H](N3CCCS3(O)O)C[C@H]2CS(=O)(=O)c2ccccc2)C1=O)c1cccc(C(F)(F)F)c1. The van der Waals surface area contributed by atoms with Gasteiger partial charge < -0.3 is 10.2 Å². The van der Waals surface area contributed by atoms with Gasteiger partial charge in [0.05, 0.1) is 22.0 Å². The standard InChI is InChI=1S/C28H34F3N3O6S2/c29-28(30,31)21-7-4-6-19(16-21)26(35)32-24-12-14-33(27(24)36)25-11-10-22(34-13-5-15-42(34,39)40)17-20(25)18-41(37,38)23-8-2-1-3-9-23/h1-4,6-9,16,20,22,24-25,39-40H,5,10-15,17-18H2,(H,32,35)/t20-,22+,24?,25-/m0/s1. The molecular weight excluding hydrogens is 595 g/mol. The van der Waals surface area contributed by atoms with Crippen LogP contribution in [0.3, 0.4) is 0 Å². The summed E-state index contributed by atoms with van der Waals surface area (Å²) in [4.78, 5) is 28.1. The minimum Gasteiger partial charge on any atom is -0.340 e. The molecule has 14 heteroatoms. The lowest BCUT2D eigenvalue weighted by atomic mass is 9.81. The Kier molecular flexibility index (Phi) is 8.65. The number of carbonyl (C=O) groups excluding carboxylic acids is 2. The van der Waals surface area contributed by atoms with E-state index in [1.807, 2.05) is 0 Å². The average molecular weight is 630 g/mol. The van der Waals surface area contributed by atoms with Crippen LogP contribution in [-0.4, -0.2) is 81.3 Å². The van der Waals surface area contributed by atoms with E-state index in [9.17, 15) is 40.3 Å². The Morgan fingerprint density at radius 1 is 1.02 bits per heavy atom. The molecule has 0 spiro atoms. The van der Waals surface area contributed by atoms with E-state index in [0.717, 1.165) is 18.2 Å². The number of halogens is 3. The van der Waals surface area contributed by atoms with Crippen LogP contribution in [0.4, 0.5) is 13.2 Å². The Morgan fingerprint density at radius 2 is 1.76 bits per heavy atom. The third-order valence-corrected chi connectivity index (χ3v) is 12.4. The first-order chi connectivity index (χ1) is 19.8. The van der Waals surface area contributed by atoms with Crippen LogP contribution in [0, 0.1) is 5.92 Å². The highest BCUT2D eigenvalue weighted by atomic mass is 32.3. The van der Waals surface area contributed by atoms with Gasteiger partial charge in [0.25, 0.3) is 5.91 Å². The molecule has 9 nitrogen and oxygen atoms in total. The number of likely N-dealkylation sites (tertiary alicyclic amines) is 1. The first-order valence-electron chi connectivity index (χ1n) is 13.9. The number of hydrogen-bond donors (Lipinski definition) is 3. The maximum absolute atomic E-state index is 13.5. The van der Waals surface area contributed by atoms with Crippen molar-refractivity contribution >= 4 is 32.4 Å². The minimum absolute atomic E-state index is 0.162. The summed E-state index contributed by atoms with van der Waals surface area (Å²) < 4.78 is 89.0. The molecule has 230 valence electrons. The maximum Gasteiger partial charge on any atom is 0.416 e. The predicted molar refractivity (Wildman–Crippen MR) is 151 cm³/mol. The molecule has 3 N–H and O–H groups in total. The smallest absolute Gasteiger partial charge is 0.340 e. The van der Waals surface area contributed by atoms with E-state index in [4.69, 9.17) is 0 Å². The van der Waals surface area contributed by atoms with Crippen molar-refractivity contribution < 1.29 is 40.3 Å². The van der Waals surface area contributed by atoms with Gasteiger partial charge in [-0.3, -0.25) is 18.7 Å². The Bertz CT molecular complexity index is 1420. The van der Waals surface area contributed by atoms with E-state index >= 15 is 0 Å². The first kappa shape index (κ1) is 30.8. The van der Waals surface area contributed by atoms with E-state index in [1.165, 1.54) is 18.2 Å². The molecule has 0 radical (unpaired) electrons. The van der Waals surface area contributed by atoms with Gasteiger partial charge in [0.15, 0.2) is 9.84 Å². The van der Waals surface area contributed by atoms with Crippen LogP contribution in [0.2, 0.25) is 0 Å². The first-order valence-corrected chi connectivity index (χ1v) is 17.2. The van der Waals surface area contributed by atoms with Crippen LogP contribution in [0.25, 0.3) is 0 Å². The second-order valence-electron chi connectivity index (χ2n) is 11.1. The molecule has 2 aromatic carbocycles. The highest BCUT2D eigenvalue weighted by molar-refractivity contribution is 8.22. The number of carbonyl (C=O) groups is 2. The fraction of sp³-hybridized carbons (Fsp3) is 0.500. The zero-order chi connectivity index (χ0) is 30.3. The number of sulfone groups is 1. The lowest BCUT2D eigenvalue weighted by molar-refractivity contribution is -0.137. The summed E-state index contributed by atoms with van der Waals surface area (Å²) >= 11 is 0. The van der Waals surface area contributed by atoms with Crippen molar-refractivity contribution in [2.45, 2.75) is 61.3 Å². The molecule has 5 rings (SSSR count). The largest absolute Gasteiger partial charge is 0.416 e. The lowest BCUT2D eigenvalue weighted by Gasteiger charge is -2.47. The molecule has 1 aliphatic carbocycles. The van der Waals surface area contributed by atoms with Crippen molar-refractivity contribution in [2.75, 3.05) is 24.6 Å². The third kappa shape index (κ3) is 6.47. The van der Waals surface area contributed by atoms with Crippen LogP contribution < -0.4 is 5.32 Å². The topological polar surface area (TPSA) is 127 Å². The lowest BCUT2D eigenvalue weighted by Crippen LogP contribution is -2.52. The molecule has 42 heavy (non-hydrogen) atoms. The monoisotopic (exact) mass is 629 g/mol. The van der Waals surface area contributed by atoms with E-state index in [0.29, 0.717) is 32.2 Å². The van der Waals surface area contributed by atoms with Gasteiger partial charge in [0.2, 0.25) is 5.91 Å². The minimum atomic E-state index is -4.62. The average Bonchev–Trinajstić information content (AvgIpc) is 3.49. The molecule has 3 aliphatic rings. The molecule has 2 amide bonds. The highest BCUT2D eigenvalue weighted by Crippen LogP contribution is 2.52. The van der Waals surface area contributed by atoms with Crippen LogP contribution in [0.5, 0.6) is 0 Å². The molecule has 3 fully saturated rings. The van der Waals surface area contributed by atoms with Gasteiger partial charge in [-0.2, -0.15) is 13.2 Å². The van der Waals surface area contributed by atoms with Crippen molar-refractivity contribution in [2.24, 2.45) is 5.92 Å². The molecular formula is C28H34F3N3O6S2. The molecule has 4 atom stereocenters. The molecule has 0 bridgehead atoms. The van der Waals surface area contributed by atoms with Crippen molar-refractivity contribution in [3.63, 3.8) is 0 Å². The third-order valence-electron chi connectivity index (χ3n) is 8.43. The molecule has 2 aromatic rings. The Morgan fingerprint density at radius 3 is 2.43 bits per heavy atom. The van der Waals surface area contributed by atoms with E-state index < -0.39 is 62.2 Å². The number of alkyl halides is 3. The van der Waals surface area contributed by atoms with Crippen molar-refractivity contribution in [3.8, 4) is 0 Å². The zero-order valence-corrected chi connectivity index (χ0v) is 24.4. The Balaban J connectivity index is 1.33. The summed E-state index contributed by atoms with van der Waals surface area (Å²) in [5, 5.41) is 2.56. The normalized spacial score (nSPS) is 27.6. The summed E-state index contributed by atoms with van der Waals surface area (Å²) in [5.41, 5.74) is -1.18. The van der Waals surface area contributed by atoms with Gasteiger partial charge in [-0.1, -0.05) is 24.3 Å². The van der Waals surface area contributed by atoms with Crippen molar-refractivity contribution in [3.05, 3.63) is 65.7 Å². The number of rotatable bonds is 7. The second-order valence-corrected chi connectivity index (χ2v) is 15.3. The summed E-state index contributed by atoms with van der Waals surface area (Å²) in [7, 11) is -6.67. The van der Waals surface area contributed by atoms with E-state index in [1.54, 1.807) is 27.4 Å². The van der Waals surface area contributed by atoms with Gasteiger partial charge in [-0.25, -0.2) is 12.7 Å². The van der Waals surface area contributed by atoms with Gasteiger partial charge in [0.1, 0.15) is 6.04 Å².